The molecular weight excluding hydrogens is 385 g/mol. The second-order valence-corrected chi connectivity index (χ2v) is 7.53. The average Bonchev–Trinajstić information content (AvgIpc) is 3.21. The highest BCUT2D eigenvalue weighted by Gasteiger charge is 2.17. The summed E-state index contributed by atoms with van der Waals surface area (Å²) >= 11 is 0. The zero-order chi connectivity index (χ0) is 21.5. The number of benzene rings is 2. The Hall–Kier alpha value is -3.22. The summed E-state index contributed by atoms with van der Waals surface area (Å²) < 4.78 is 23.6. The van der Waals surface area contributed by atoms with Crippen LogP contribution in [0, 0.1) is 11.7 Å². The first-order valence-electron chi connectivity index (χ1n) is 9.94. The lowest BCUT2D eigenvalue weighted by Gasteiger charge is -2.24. The highest BCUT2D eigenvalue weighted by molar-refractivity contribution is 5.78. The van der Waals surface area contributed by atoms with Gasteiger partial charge in [-0.25, -0.2) is 4.39 Å². The molecule has 1 heterocycles. The van der Waals surface area contributed by atoms with Crippen LogP contribution in [0.2, 0.25) is 0 Å². The fraction of sp³-hybridized carbons (Fsp3) is 0.348. The lowest BCUT2D eigenvalue weighted by molar-refractivity contribution is -0.131. The third-order valence-electron chi connectivity index (χ3n) is 4.62. The van der Waals surface area contributed by atoms with Crippen molar-refractivity contribution in [3.05, 3.63) is 65.8 Å². The molecule has 6 nitrogen and oxygen atoms in total. The molecule has 1 aromatic heterocycles. The summed E-state index contributed by atoms with van der Waals surface area (Å²) in [4.78, 5) is 19.0. The standard InChI is InChI=1S/C23H26FN3O3/c1-16(2)15-27(22(28)14-17-4-8-19(24)9-5-17)13-12-21-25-23(26-30-21)18-6-10-20(29-3)11-7-18/h4-11,16H,12-15H2,1-3H3. The number of ether oxygens (including phenoxy) is 1. The number of methoxy groups -OCH3 is 1. The van der Waals surface area contributed by atoms with Gasteiger partial charge in [0.15, 0.2) is 0 Å². The zero-order valence-electron chi connectivity index (χ0n) is 17.5. The molecule has 0 bridgehead atoms. The summed E-state index contributed by atoms with van der Waals surface area (Å²) in [6.45, 7) is 5.22. The van der Waals surface area contributed by atoms with E-state index in [-0.39, 0.29) is 18.1 Å². The molecule has 1 amide bonds. The van der Waals surface area contributed by atoms with E-state index in [9.17, 15) is 9.18 Å². The molecule has 0 spiro atoms. The monoisotopic (exact) mass is 411 g/mol. The summed E-state index contributed by atoms with van der Waals surface area (Å²) in [6, 6.07) is 13.4. The largest absolute Gasteiger partial charge is 0.497 e. The van der Waals surface area contributed by atoms with Crippen molar-refractivity contribution in [2.75, 3.05) is 20.2 Å². The molecule has 0 fully saturated rings. The third-order valence-corrected chi connectivity index (χ3v) is 4.62. The summed E-state index contributed by atoms with van der Waals surface area (Å²) in [5, 5.41) is 4.04. The second-order valence-electron chi connectivity index (χ2n) is 7.53. The number of carbonyl (C=O) groups is 1. The van der Waals surface area contributed by atoms with Crippen LogP contribution in [-0.4, -0.2) is 41.1 Å². The predicted molar refractivity (Wildman–Crippen MR) is 112 cm³/mol. The normalized spacial score (nSPS) is 11.0. The molecule has 0 saturated heterocycles. The van der Waals surface area contributed by atoms with Gasteiger partial charge in [0.1, 0.15) is 11.6 Å². The van der Waals surface area contributed by atoms with Gasteiger partial charge in [-0.1, -0.05) is 31.1 Å². The van der Waals surface area contributed by atoms with E-state index < -0.39 is 0 Å². The molecular formula is C23H26FN3O3. The fourth-order valence-electron chi connectivity index (χ4n) is 3.09. The smallest absolute Gasteiger partial charge is 0.228 e. The molecule has 0 atom stereocenters. The molecule has 0 aliphatic heterocycles. The van der Waals surface area contributed by atoms with Gasteiger partial charge in [0.2, 0.25) is 17.6 Å². The van der Waals surface area contributed by atoms with Crippen LogP contribution >= 0.6 is 0 Å². The van der Waals surface area contributed by atoms with E-state index in [1.54, 1.807) is 24.1 Å². The molecule has 0 aliphatic rings. The highest BCUT2D eigenvalue weighted by atomic mass is 19.1. The molecule has 3 rings (SSSR count). The quantitative estimate of drug-likeness (QED) is 0.529. The first kappa shape index (κ1) is 21.5. The van der Waals surface area contributed by atoms with E-state index in [0.717, 1.165) is 16.9 Å². The fourth-order valence-corrected chi connectivity index (χ4v) is 3.09. The van der Waals surface area contributed by atoms with Crippen molar-refractivity contribution in [3.63, 3.8) is 0 Å². The Kier molecular flexibility index (Phi) is 7.17. The van der Waals surface area contributed by atoms with Crippen LogP contribution in [0.3, 0.4) is 0 Å². The van der Waals surface area contributed by atoms with Gasteiger partial charge in [0.05, 0.1) is 13.5 Å². The van der Waals surface area contributed by atoms with Gasteiger partial charge < -0.3 is 14.2 Å². The number of amides is 1. The molecule has 158 valence electrons. The molecule has 0 radical (unpaired) electrons. The number of carbonyl (C=O) groups excluding carboxylic acids is 1. The molecule has 0 saturated carbocycles. The van der Waals surface area contributed by atoms with Gasteiger partial charge in [-0.3, -0.25) is 4.79 Å². The van der Waals surface area contributed by atoms with Gasteiger partial charge in [0, 0.05) is 25.1 Å². The number of rotatable bonds is 9. The Balaban J connectivity index is 1.63. The van der Waals surface area contributed by atoms with E-state index in [4.69, 9.17) is 9.26 Å². The van der Waals surface area contributed by atoms with Crippen LogP contribution < -0.4 is 4.74 Å². The maximum Gasteiger partial charge on any atom is 0.228 e. The number of hydrogen-bond acceptors (Lipinski definition) is 5. The van der Waals surface area contributed by atoms with E-state index in [0.29, 0.717) is 37.1 Å². The third kappa shape index (κ3) is 5.89. The Labute approximate surface area is 175 Å². The Bertz CT molecular complexity index is 953. The minimum atomic E-state index is -0.311. The average molecular weight is 411 g/mol. The van der Waals surface area contributed by atoms with E-state index in [1.165, 1.54) is 12.1 Å². The minimum Gasteiger partial charge on any atom is -0.497 e. The topological polar surface area (TPSA) is 68.5 Å². The summed E-state index contributed by atoms with van der Waals surface area (Å²) in [6.07, 6.45) is 0.693. The summed E-state index contributed by atoms with van der Waals surface area (Å²) in [7, 11) is 1.61. The van der Waals surface area contributed by atoms with Crippen LogP contribution in [0.5, 0.6) is 5.75 Å². The summed E-state index contributed by atoms with van der Waals surface area (Å²) in [5.41, 5.74) is 1.62. The lowest BCUT2D eigenvalue weighted by Crippen LogP contribution is -2.37. The van der Waals surface area contributed by atoms with Gasteiger partial charge in [-0.2, -0.15) is 4.98 Å². The van der Waals surface area contributed by atoms with Gasteiger partial charge >= 0.3 is 0 Å². The molecule has 0 aliphatic carbocycles. The number of nitrogens with zero attached hydrogens (tertiary/aromatic N) is 3. The van der Waals surface area contributed by atoms with Crippen LogP contribution in [0.4, 0.5) is 4.39 Å². The molecule has 3 aromatic rings. The Morgan fingerprint density at radius 2 is 1.83 bits per heavy atom. The minimum absolute atomic E-state index is 0.00907. The zero-order valence-corrected chi connectivity index (χ0v) is 17.5. The maximum atomic E-state index is 13.1. The number of halogens is 1. The predicted octanol–water partition coefficient (Wildman–Crippen LogP) is 4.15. The van der Waals surface area contributed by atoms with Crippen LogP contribution in [-0.2, 0) is 17.6 Å². The first-order chi connectivity index (χ1) is 14.4. The van der Waals surface area contributed by atoms with Crippen molar-refractivity contribution in [3.8, 4) is 17.1 Å². The first-order valence-corrected chi connectivity index (χ1v) is 9.94. The van der Waals surface area contributed by atoms with Crippen molar-refractivity contribution in [1.82, 2.24) is 15.0 Å². The molecule has 0 N–H and O–H groups in total. The van der Waals surface area contributed by atoms with Crippen LogP contribution in [0.25, 0.3) is 11.4 Å². The van der Waals surface area contributed by atoms with E-state index in [2.05, 4.69) is 24.0 Å². The van der Waals surface area contributed by atoms with Gasteiger partial charge in [-0.15, -0.1) is 0 Å². The van der Waals surface area contributed by atoms with Gasteiger partial charge in [0.25, 0.3) is 0 Å². The lowest BCUT2D eigenvalue weighted by atomic mass is 10.1. The van der Waals surface area contributed by atoms with E-state index >= 15 is 0 Å². The van der Waals surface area contributed by atoms with Crippen LogP contribution in [0.15, 0.2) is 53.1 Å². The molecule has 30 heavy (non-hydrogen) atoms. The molecule has 2 aromatic carbocycles. The van der Waals surface area contributed by atoms with Crippen LogP contribution in [0.1, 0.15) is 25.3 Å². The van der Waals surface area contributed by atoms with Crippen molar-refractivity contribution < 1.29 is 18.4 Å². The molecule has 7 heteroatoms. The number of aromatic nitrogens is 2. The van der Waals surface area contributed by atoms with Crippen molar-refractivity contribution in [2.45, 2.75) is 26.7 Å². The van der Waals surface area contributed by atoms with Gasteiger partial charge in [-0.05, 0) is 47.9 Å². The van der Waals surface area contributed by atoms with Crippen molar-refractivity contribution >= 4 is 5.91 Å². The van der Waals surface area contributed by atoms with Crippen molar-refractivity contribution in [1.29, 1.82) is 0 Å². The molecule has 0 unspecified atom stereocenters. The highest BCUT2D eigenvalue weighted by Crippen LogP contribution is 2.20. The van der Waals surface area contributed by atoms with Crippen molar-refractivity contribution in [2.24, 2.45) is 5.92 Å². The SMILES string of the molecule is COc1ccc(-c2noc(CCN(CC(C)C)C(=O)Cc3ccc(F)cc3)n2)cc1. The Morgan fingerprint density at radius 1 is 1.13 bits per heavy atom. The number of hydrogen-bond donors (Lipinski definition) is 0. The maximum absolute atomic E-state index is 13.1. The van der Waals surface area contributed by atoms with E-state index in [1.807, 2.05) is 24.3 Å². The second kappa shape index (κ2) is 10.0. The summed E-state index contributed by atoms with van der Waals surface area (Å²) in [5.74, 6) is 1.73. The Morgan fingerprint density at radius 3 is 2.47 bits per heavy atom.